The Morgan fingerprint density at radius 2 is 1.66 bits per heavy atom. The first-order chi connectivity index (χ1) is 18.5. The van der Waals surface area contributed by atoms with Crippen LogP contribution in [0.25, 0.3) is 11.1 Å². The van der Waals surface area contributed by atoms with E-state index in [1.807, 2.05) is 30.5 Å². The molecule has 1 saturated heterocycles. The maximum absolute atomic E-state index is 13.3. The summed E-state index contributed by atoms with van der Waals surface area (Å²) in [4.78, 5) is 17.3. The minimum absolute atomic E-state index is 0.276. The number of para-hydroxylation sites is 1. The van der Waals surface area contributed by atoms with Crippen LogP contribution in [0.5, 0.6) is 0 Å². The molecule has 10 heteroatoms. The summed E-state index contributed by atoms with van der Waals surface area (Å²) in [5, 5.41) is 7.83. The highest BCUT2D eigenvalue weighted by atomic mass is 35.5. The van der Waals surface area contributed by atoms with Crippen LogP contribution in [0.1, 0.15) is 24.0 Å². The van der Waals surface area contributed by atoms with Crippen molar-refractivity contribution in [2.24, 2.45) is 5.84 Å². The van der Waals surface area contributed by atoms with Crippen LogP contribution >= 0.6 is 34.8 Å². The van der Waals surface area contributed by atoms with Gasteiger partial charge in [0.1, 0.15) is 0 Å². The Balaban J connectivity index is 1.53. The van der Waals surface area contributed by atoms with Gasteiger partial charge in [0.2, 0.25) is 0 Å². The van der Waals surface area contributed by atoms with Gasteiger partial charge in [0.05, 0.1) is 21.4 Å². The topological polar surface area (TPSA) is 85.7 Å². The van der Waals surface area contributed by atoms with Crippen LogP contribution in [-0.4, -0.2) is 30.1 Å². The Kier molecular flexibility index (Phi) is 8.31. The van der Waals surface area contributed by atoms with Crippen molar-refractivity contribution >= 4 is 52.2 Å². The lowest BCUT2D eigenvalue weighted by Crippen LogP contribution is -2.42. The van der Waals surface area contributed by atoms with Crippen molar-refractivity contribution in [3.63, 3.8) is 0 Å². The molecule has 2 amide bonds. The highest BCUT2D eigenvalue weighted by Crippen LogP contribution is 2.44. The third-order valence-electron chi connectivity index (χ3n) is 6.98. The largest absolute Gasteiger partial charge is 0.387 e. The molecule has 7 nitrogen and oxygen atoms in total. The van der Waals surface area contributed by atoms with Crippen molar-refractivity contribution in [3.05, 3.63) is 93.2 Å². The van der Waals surface area contributed by atoms with E-state index in [1.54, 1.807) is 29.3 Å². The monoisotopic (exact) mass is 570 g/mol. The van der Waals surface area contributed by atoms with E-state index in [2.05, 4.69) is 33.1 Å². The number of hydrogen-bond acceptors (Lipinski definition) is 5. The first-order valence-corrected chi connectivity index (χ1v) is 13.6. The Morgan fingerprint density at radius 3 is 2.37 bits per heavy atom. The van der Waals surface area contributed by atoms with Crippen LogP contribution < -0.4 is 26.8 Å². The number of halogens is 3. The highest BCUT2D eigenvalue weighted by molar-refractivity contribution is 6.40. The number of fused-ring (bicyclic) bond motifs is 1. The Morgan fingerprint density at radius 1 is 0.947 bits per heavy atom. The highest BCUT2D eigenvalue weighted by Gasteiger charge is 2.31. The van der Waals surface area contributed by atoms with Crippen LogP contribution in [0.15, 0.2) is 67.0 Å². The van der Waals surface area contributed by atoms with Crippen molar-refractivity contribution < 1.29 is 4.79 Å². The average molecular weight is 572 g/mol. The number of carbonyl (C=O) groups excluding carboxylic acids is 1. The zero-order valence-electron chi connectivity index (χ0n) is 20.7. The van der Waals surface area contributed by atoms with E-state index in [4.69, 9.17) is 40.6 Å². The summed E-state index contributed by atoms with van der Waals surface area (Å²) in [6.07, 6.45) is 5.56. The van der Waals surface area contributed by atoms with Crippen molar-refractivity contribution in [2.45, 2.75) is 32.0 Å². The van der Waals surface area contributed by atoms with Crippen molar-refractivity contribution in [2.75, 3.05) is 18.0 Å². The van der Waals surface area contributed by atoms with Gasteiger partial charge in [-0.1, -0.05) is 59.1 Å². The summed E-state index contributed by atoms with van der Waals surface area (Å²) in [6, 6.07) is 17.4. The second-order valence-electron chi connectivity index (χ2n) is 9.40. The molecular weight excluding hydrogens is 543 g/mol. The fourth-order valence-electron chi connectivity index (χ4n) is 5.14. The van der Waals surface area contributed by atoms with Gasteiger partial charge in [0.15, 0.2) is 0 Å². The SMILES string of the molecule is NN/C=C\NC1CCN(Cc2cc(-c3ccccc3Cl)c3c(c2)N(c2c(Cl)cccc2Cl)C(=O)NC3)CC1. The first kappa shape index (κ1) is 26.7. The minimum atomic E-state index is -0.276. The molecule has 2 aliphatic rings. The fourth-order valence-corrected chi connectivity index (χ4v) is 5.94. The molecule has 0 bridgehead atoms. The molecule has 5 rings (SSSR count). The van der Waals surface area contributed by atoms with Gasteiger partial charge in [-0.25, -0.2) is 4.79 Å². The van der Waals surface area contributed by atoms with E-state index in [0.717, 1.165) is 60.4 Å². The molecular formula is C28H29Cl3N6O. The number of rotatable bonds is 7. The predicted molar refractivity (Wildman–Crippen MR) is 156 cm³/mol. The third kappa shape index (κ3) is 5.58. The van der Waals surface area contributed by atoms with E-state index in [9.17, 15) is 4.79 Å². The lowest BCUT2D eigenvalue weighted by Gasteiger charge is -2.35. The molecule has 0 unspecified atom stereocenters. The summed E-state index contributed by atoms with van der Waals surface area (Å²) in [7, 11) is 0. The second kappa shape index (κ2) is 11.8. The summed E-state index contributed by atoms with van der Waals surface area (Å²) in [5.41, 5.74) is 7.66. The van der Waals surface area contributed by atoms with Crippen molar-refractivity contribution in [3.8, 4) is 11.1 Å². The fraction of sp³-hybridized carbons (Fsp3) is 0.250. The van der Waals surface area contributed by atoms with Gasteiger partial charge in [-0.2, -0.15) is 0 Å². The Labute approximate surface area is 237 Å². The zero-order valence-corrected chi connectivity index (χ0v) is 23.0. The van der Waals surface area contributed by atoms with Gasteiger partial charge in [-0.3, -0.25) is 15.6 Å². The number of nitrogens with two attached hydrogens (primary N) is 1. The molecule has 0 aliphatic carbocycles. The molecule has 3 aromatic carbocycles. The average Bonchev–Trinajstić information content (AvgIpc) is 2.91. The molecule has 38 heavy (non-hydrogen) atoms. The van der Waals surface area contributed by atoms with E-state index in [-0.39, 0.29) is 6.03 Å². The number of hydrogen-bond donors (Lipinski definition) is 4. The predicted octanol–water partition coefficient (Wildman–Crippen LogP) is 6.16. The summed E-state index contributed by atoms with van der Waals surface area (Å²) in [5.74, 6) is 5.30. The minimum Gasteiger partial charge on any atom is -0.387 e. The van der Waals surface area contributed by atoms with E-state index in [1.165, 1.54) is 0 Å². The lowest BCUT2D eigenvalue weighted by atomic mass is 9.93. The van der Waals surface area contributed by atoms with Gasteiger partial charge in [0.25, 0.3) is 0 Å². The quantitative estimate of drug-likeness (QED) is 0.201. The number of hydrazine groups is 1. The number of carbonyl (C=O) groups is 1. The number of nitrogens with one attached hydrogen (secondary N) is 3. The zero-order chi connectivity index (χ0) is 26.6. The molecule has 1 fully saturated rings. The summed E-state index contributed by atoms with van der Waals surface area (Å²) < 4.78 is 0. The van der Waals surface area contributed by atoms with Gasteiger partial charge in [-0.05, 0) is 54.3 Å². The van der Waals surface area contributed by atoms with E-state index in [0.29, 0.717) is 33.3 Å². The van der Waals surface area contributed by atoms with Gasteiger partial charge >= 0.3 is 6.03 Å². The lowest BCUT2D eigenvalue weighted by molar-refractivity contribution is 0.197. The van der Waals surface area contributed by atoms with Gasteiger partial charge in [-0.15, -0.1) is 0 Å². The van der Waals surface area contributed by atoms with Crippen LogP contribution in [0.4, 0.5) is 16.2 Å². The maximum atomic E-state index is 13.3. The van der Waals surface area contributed by atoms with E-state index >= 15 is 0 Å². The molecule has 0 aromatic heterocycles. The molecule has 3 aromatic rings. The first-order valence-electron chi connectivity index (χ1n) is 12.5. The van der Waals surface area contributed by atoms with Crippen LogP contribution in [0.3, 0.4) is 0 Å². The molecule has 0 saturated carbocycles. The number of piperidine rings is 1. The molecule has 5 N–H and O–H groups in total. The van der Waals surface area contributed by atoms with Crippen LogP contribution in [0.2, 0.25) is 15.1 Å². The van der Waals surface area contributed by atoms with Gasteiger partial charge < -0.3 is 16.1 Å². The standard InChI is InChI=1S/C28H29Cl3N6O/c29-23-5-2-1-4-20(23)21-14-18(17-36-12-8-19(9-13-36)33-10-11-35-32)15-26-22(21)16-34-28(38)37(26)27-24(30)6-3-7-25(27)31/h1-7,10-11,14-15,19,33,35H,8-9,12-13,16-17,32H2,(H,34,38)/b11-10-. The number of amides is 2. The molecule has 2 aliphatic heterocycles. The summed E-state index contributed by atoms with van der Waals surface area (Å²) >= 11 is 19.8. The Hall–Kier alpha value is -2.94. The summed E-state index contributed by atoms with van der Waals surface area (Å²) in [6.45, 7) is 3.00. The number of benzene rings is 3. The number of anilines is 2. The number of likely N-dealkylation sites (tertiary alicyclic amines) is 1. The number of urea groups is 1. The second-order valence-corrected chi connectivity index (χ2v) is 10.6. The van der Waals surface area contributed by atoms with Gasteiger partial charge in [0, 0.05) is 60.8 Å². The molecule has 0 radical (unpaired) electrons. The van der Waals surface area contributed by atoms with E-state index < -0.39 is 0 Å². The molecule has 0 spiro atoms. The normalized spacial score (nSPS) is 16.4. The third-order valence-corrected chi connectivity index (χ3v) is 7.92. The van der Waals surface area contributed by atoms with Crippen molar-refractivity contribution in [1.29, 1.82) is 0 Å². The number of nitrogens with zero attached hydrogens (tertiary/aromatic N) is 2. The Bertz CT molecular complexity index is 1340. The van der Waals surface area contributed by atoms with Crippen LogP contribution in [-0.2, 0) is 13.1 Å². The molecule has 0 atom stereocenters. The van der Waals surface area contributed by atoms with Crippen molar-refractivity contribution in [1.82, 2.24) is 21.0 Å². The molecule has 2 heterocycles. The van der Waals surface area contributed by atoms with Crippen LogP contribution in [0, 0.1) is 0 Å². The maximum Gasteiger partial charge on any atom is 0.326 e. The molecule has 198 valence electrons. The smallest absolute Gasteiger partial charge is 0.326 e.